The van der Waals surface area contributed by atoms with E-state index in [0.29, 0.717) is 24.2 Å². The van der Waals surface area contributed by atoms with Crippen molar-refractivity contribution in [2.75, 3.05) is 19.7 Å². The number of amides is 1. The zero-order valence-electron chi connectivity index (χ0n) is 12.6. The molecule has 0 spiro atoms. The van der Waals surface area contributed by atoms with Gasteiger partial charge in [0.1, 0.15) is 0 Å². The number of nitriles is 1. The SMILES string of the molecule is C[C@@H]1CN(C(=O)COC(=O)c2ccc(C#N)cc2)C[C@@H](C)O1. The molecule has 1 heterocycles. The fourth-order valence-electron chi connectivity index (χ4n) is 2.36. The first-order valence-electron chi connectivity index (χ1n) is 7.10. The smallest absolute Gasteiger partial charge is 0.338 e. The van der Waals surface area contributed by atoms with Gasteiger partial charge in [-0.2, -0.15) is 5.26 Å². The first-order valence-corrected chi connectivity index (χ1v) is 7.10. The first kappa shape index (κ1) is 16.0. The maximum absolute atomic E-state index is 12.1. The van der Waals surface area contributed by atoms with E-state index in [1.54, 1.807) is 4.90 Å². The van der Waals surface area contributed by atoms with Crippen molar-refractivity contribution >= 4 is 11.9 Å². The molecule has 6 heteroatoms. The Morgan fingerprint density at radius 2 is 1.86 bits per heavy atom. The molecule has 0 aliphatic carbocycles. The summed E-state index contributed by atoms with van der Waals surface area (Å²) in [6.07, 6.45) is -0.0520. The van der Waals surface area contributed by atoms with Crippen LogP contribution in [0.2, 0.25) is 0 Å². The molecule has 0 unspecified atom stereocenters. The molecular formula is C16H18N2O4. The molecule has 1 fully saturated rings. The molecule has 6 nitrogen and oxygen atoms in total. The van der Waals surface area contributed by atoms with Crippen LogP contribution in [-0.4, -0.2) is 48.7 Å². The van der Waals surface area contributed by atoms with Gasteiger partial charge in [-0.15, -0.1) is 0 Å². The molecule has 1 aromatic carbocycles. The highest BCUT2D eigenvalue weighted by Crippen LogP contribution is 2.11. The highest BCUT2D eigenvalue weighted by Gasteiger charge is 2.26. The van der Waals surface area contributed by atoms with E-state index in [4.69, 9.17) is 14.7 Å². The molecule has 0 saturated carbocycles. The van der Waals surface area contributed by atoms with E-state index in [9.17, 15) is 9.59 Å². The molecule has 0 aromatic heterocycles. The Hall–Kier alpha value is -2.39. The second-order valence-corrected chi connectivity index (χ2v) is 5.32. The van der Waals surface area contributed by atoms with Crippen molar-refractivity contribution in [1.29, 1.82) is 5.26 Å². The van der Waals surface area contributed by atoms with E-state index in [-0.39, 0.29) is 24.7 Å². The van der Waals surface area contributed by atoms with Crippen molar-refractivity contribution in [2.24, 2.45) is 0 Å². The molecule has 116 valence electrons. The normalized spacial score (nSPS) is 21.0. The number of carbonyl (C=O) groups is 2. The number of carbonyl (C=O) groups excluding carboxylic acids is 2. The third-order valence-electron chi connectivity index (χ3n) is 3.35. The minimum absolute atomic E-state index is 0.0260. The summed E-state index contributed by atoms with van der Waals surface area (Å²) < 4.78 is 10.6. The zero-order chi connectivity index (χ0) is 16.1. The van der Waals surface area contributed by atoms with Crippen LogP contribution in [0, 0.1) is 11.3 Å². The van der Waals surface area contributed by atoms with E-state index in [0.717, 1.165) is 0 Å². The van der Waals surface area contributed by atoms with Gasteiger partial charge in [0.15, 0.2) is 6.61 Å². The minimum Gasteiger partial charge on any atom is -0.452 e. The van der Waals surface area contributed by atoms with Crippen LogP contribution in [0.3, 0.4) is 0 Å². The Balaban J connectivity index is 1.87. The van der Waals surface area contributed by atoms with Crippen molar-refractivity contribution in [3.8, 4) is 6.07 Å². The molecule has 0 bridgehead atoms. The Morgan fingerprint density at radius 1 is 1.27 bits per heavy atom. The lowest BCUT2D eigenvalue weighted by Gasteiger charge is -2.35. The summed E-state index contributed by atoms with van der Waals surface area (Å²) in [5.74, 6) is -0.809. The van der Waals surface area contributed by atoms with Crippen LogP contribution >= 0.6 is 0 Å². The number of nitrogens with zero attached hydrogens (tertiary/aromatic N) is 2. The van der Waals surface area contributed by atoms with Crippen LogP contribution in [0.15, 0.2) is 24.3 Å². The Kier molecular flexibility index (Phi) is 5.12. The zero-order valence-corrected chi connectivity index (χ0v) is 12.6. The highest BCUT2D eigenvalue weighted by atomic mass is 16.5. The Labute approximate surface area is 129 Å². The molecule has 2 rings (SSSR count). The third kappa shape index (κ3) is 4.06. The van der Waals surface area contributed by atoms with E-state index in [2.05, 4.69) is 0 Å². The maximum atomic E-state index is 12.1. The summed E-state index contributed by atoms with van der Waals surface area (Å²) >= 11 is 0. The van der Waals surface area contributed by atoms with E-state index < -0.39 is 5.97 Å². The van der Waals surface area contributed by atoms with Gasteiger partial charge in [0.25, 0.3) is 5.91 Å². The predicted molar refractivity (Wildman–Crippen MR) is 78.0 cm³/mol. The molecule has 1 aliphatic heterocycles. The molecule has 1 aromatic rings. The quantitative estimate of drug-likeness (QED) is 0.787. The lowest BCUT2D eigenvalue weighted by molar-refractivity contribution is -0.146. The van der Waals surface area contributed by atoms with E-state index in [1.165, 1.54) is 24.3 Å². The van der Waals surface area contributed by atoms with Gasteiger partial charge in [-0.05, 0) is 38.1 Å². The molecule has 1 saturated heterocycles. The first-order chi connectivity index (χ1) is 10.5. The second-order valence-electron chi connectivity index (χ2n) is 5.32. The molecule has 1 amide bonds. The molecule has 2 atom stereocenters. The lowest BCUT2D eigenvalue weighted by Crippen LogP contribution is -2.49. The van der Waals surface area contributed by atoms with Gasteiger partial charge in [-0.1, -0.05) is 0 Å². The predicted octanol–water partition coefficient (Wildman–Crippen LogP) is 1.35. The van der Waals surface area contributed by atoms with Crippen LogP contribution in [0.5, 0.6) is 0 Å². The Bertz CT molecular complexity index is 581. The summed E-state index contributed by atoms with van der Waals surface area (Å²) in [6.45, 7) is 4.50. The van der Waals surface area contributed by atoms with Crippen molar-refractivity contribution in [2.45, 2.75) is 26.1 Å². The van der Waals surface area contributed by atoms with Crippen LogP contribution in [0.25, 0.3) is 0 Å². The molecule has 0 N–H and O–H groups in total. The fraction of sp³-hybridized carbons (Fsp3) is 0.438. The fourth-order valence-corrected chi connectivity index (χ4v) is 2.36. The Morgan fingerprint density at radius 3 is 2.41 bits per heavy atom. The topological polar surface area (TPSA) is 79.6 Å². The molecule has 0 radical (unpaired) electrons. The van der Waals surface area contributed by atoms with E-state index >= 15 is 0 Å². The molecule has 22 heavy (non-hydrogen) atoms. The van der Waals surface area contributed by atoms with Gasteiger partial charge < -0.3 is 14.4 Å². The summed E-state index contributed by atoms with van der Waals surface area (Å²) in [5.41, 5.74) is 0.777. The summed E-state index contributed by atoms with van der Waals surface area (Å²) in [6, 6.07) is 8.04. The minimum atomic E-state index is -0.577. The number of ether oxygens (including phenoxy) is 2. The number of rotatable bonds is 3. The maximum Gasteiger partial charge on any atom is 0.338 e. The number of morpholine rings is 1. The summed E-state index contributed by atoms with van der Waals surface area (Å²) in [7, 11) is 0. The molecular weight excluding hydrogens is 284 g/mol. The van der Waals surface area contributed by atoms with Gasteiger partial charge in [0, 0.05) is 13.1 Å². The van der Waals surface area contributed by atoms with Gasteiger partial charge in [-0.3, -0.25) is 4.79 Å². The summed E-state index contributed by atoms with van der Waals surface area (Å²) in [4.78, 5) is 25.6. The van der Waals surface area contributed by atoms with Crippen LogP contribution in [-0.2, 0) is 14.3 Å². The van der Waals surface area contributed by atoms with Gasteiger partial charge >= 0.3 is 5.97 Å². The average molecular weight is 302 g/mol. The van der Waals surface area contributed by atoms with Gasteiger partial charge in [-0.25, -0.2) is 4.79 Å². The van der Waals surface area contributed by atoms with Crippen LogP contribution in [0.4, 0.5) is 0 Å². The van der Waals surface area contributed by atoms with Crippen molar-refractivity contribution in [3.05, 3.63) is 35.4 Å². The van der Waals surface area contributed by atoms with Gasteiger partial charge in [0.05, 0.1) is 29.4 Å². The van der Waals surface area contributed by atoms with E-state index in [1.807, 2.05) is 19.9 Å². The van der Waals surface area contributed by atoms with Crippen molar-refractivity contribution in [3.63, 3.8) is 0 Å². The standard InChI is InChI=1S/C16H18N2O4/c1-11-8-18(9-12(2)22-11)15(19)10-21-16(20)14-5-3-13(7-17)4-6-14/h3-6,11-12H,8-10H2,1-2H3/t11-,12-/m1/s1. The number of benzene rings is 1. The van der Waals surface area contributed by atoms with Gasteiger partial charge in [0.2, 0.25) is 0 Å². The van der Waals surface area contributed by atoms with Crippen LogP contribution < -0.4 is 0 Å². The molecule has 1 aliphatic rings. The summed E-state index contributed by atoms with van der Waals surface area (Å²) in [5, 5.41) is 8.70. The largest absolute Gasteiger partial charge is 0.452 e. The lowest BCUT2D eigenvalue weighted by atomic mass is 10.1. The number of esters is 1. The number of hydrogen-bond acceptors (Lipinski definition) is 5. The van der Waals surface area contributed by atoms with Crippen LogP contribution in [0.1, 0.15) is 29.8 Å². The monoisotopic (exact) mass is 302 g/mol. The number of hydrogen-bond donors (Lipinski definition) is 0. The van der Waals surface area contributed by atoms with Crippen molar-refractivity contribution < 1.29 is 19.1 Å². The highest BCUT2D eigenvalue weighted by molar-refractivity contribution is 5.91. The van der Waals surface area contributed by atoms with Crippen molar-refractivity contribution in [1.82, 2.24) is 4.90 Å². The average Bonchev–Trinajstić information content (AvgIpc) is 2.51. The second kappa shape index (κ2) is 7.05. The third-order valence-corrected chi connectivity index (χ3v) is 3.35.